The van der Waals surface area contributed by atoms with Gasteiger partial charge in [-0.3, -0.25) is 14.8 Å². The fraction of sp³-hybridized carbons (Fsp3) is 0.120. The van der Waals surface area contributed by atoms with Crippen molar-refractivity contribution in [3.63, 3.8) is 0 Å². The number of thiocarbonyl (C=S) groups is 1. The summed E-state index contributed by atoms with van der Waals surface area (Å²) < 4.78 is 28.0. The molecule has 0 saturated carbocycles. The molecule has 3 rings (SSSR count). The minimum atomic E-state index is -3.74. The van der Waals surface area contributed by atoms with Gasteiger partial charge in [0.25, 0.3) is 10.0 Å². The van der Waals surface area contributed by atoms with Gasteiger partial charge in [-0.25, -0.2) is 8.42 Å². The van der Waals surface area contributed by atoms with E-state index in [-0.39, 0.29) is 15.9 Å². The van der Waals surface area contributed by atoms with Crippen molar-refractivity contribution in [2.75, 3.05) is 10.0 Å². The number of benzene rings is 3. The number of aryl methyl sites for hydroxylation is 3. The normalized spacial score (nSPS) is 11.2. The molecule has 1 amide bonds. The number of rotatable bonds is 6. The van der Waals surface area contributed by atoms with E-state index in [1.165, 1.54) is 18.2 Å². The lowest BCUT2D eigenvalue weighted by molar-refractivity contribution is -0.115. The van der Waals surface area contributed by atoms with Crippen molar-refractivity contribution in [2.24, 2.45) is 0 Å². The van der Waals surface area contributed by atoms with Crippen molar-refractivity contribution in [3.05, 3.63) is 95.1 Å². The topological polar surface area (TPSA) is 87.3 Å². The van der Waals surface area contributed by atoms with Crippen molar-refractivity contribution in [2.45, 2.75) is 25.7 Å². The minimum absolute atomic E-state index is 0.109. The predicted octanol–water partition coefficient (Wildman–Crippen LogP) is 4.94. The third-order valence-corrected chi connectivity index (χ3v) is 6.24. The summed E-state index contributed by atoms with van der Waals surface area (Å²) in [6, 6.07) is 19.4. The zero-order valence-electron chi connectivity index (χ0n) is 18.5. The van der Waals surface area contributed by atoms with Crippen LogP contribution in [0.2, 0.25) is 0 Å². The lowest BCUT2D eigenvalue weighted by atomic mass is 10.1. The highest BCUT2D eigenvalue weighted by molar-refractivity contribution is 7.92. The Kier molecular flexibility index (Phi) is 7.63. The first-order valence-corrected chi connectivity index (χ1v) is 12.1. The molecule has 0 spiro atoms. The van der Waals surface area contributed by atoms with Crippen molar-refractivity contribution in [1.82, 2.24) is 5.32 Å². The molecular formula is C25H25N3O3S2. The maximum Gasteiger partial charge on any atom is 0.261 e. The van der Waals surface area contributed by atoms with Gasteiger partial charge in [-0.2, -0.15) is 0 Å². The van der Waals surface area contributed by atoms with Gasteiger partial charge in [0.05, 0.1) is 4.90 Å². The summed E-state index contributed by atoms with van der Waals surface area (Å²) in [6.07, 6.45) is 3.09. The number of anilines is 2. The number of amides is 1. The summed E-state index contributed by atoms with van der Waals surface area (Å²) in [5, 5.41) is 5.54. The molecule has 0 fully saturated rings. The van der Waals surface area contributed by atoms with E-state index >= 15 is 0 Å². The lowest BCUT2D eigenvalue weighted by Gasteiger charge is -2.11. The van der Waals surface area contributed by atoms with Crippen LogP contribution in [0.3, 0.4) is 0 Å². The van der Waals surface area contributed by atoms with Crippen LogP contribution in [-0.2, 0) is 14.8 Å². The summed E-state index contributed by atoms with van der Waals surface area (Å²) in [6.45, 7) is 5.81. The first-order chi connectivity index (χ1) is 15.6. The molecule has 33 heavy (non-hydrogen) atoms. The molecule has 0 aliphatic carbocycles. The second-order valence-corrected chi connectivity index (χ2v) is 9.78. The lowest BCUT2D eigenvalue weighted by Crippen LogP contribution is -2.32. The van der Waals surface area contributed by atoms with Crippen molar-refractivity contribution in [3.8, 4) is 0 Å². The Morgan fingerprint density at radius 3 is 2.03 bits per heavy atom. The molecule has 0 bridgehead atoms. The van der Waals surface area contributed by atoms with Gasteiger partial charge >= 0.3 is 0 Å². The Balaban J connectivity index is 1.58. The van der Waals surface area contributed by atoms with E-state index in [0.29, 0.717) is 11.4 Å². The number of hydrogen-bond donors (Lipinski definition) is 3. The Labute approximate surface area is 199 Å². The highest BCUT2D eigenvalue weighted by Crippen LogP contribution is 2.20. The first kappa shape index (κ1) is 24.2. The molecule has 3 aromatic rings. The van der Waals surface area contributed by atoms with Crippen LogP contribution in [0, 0.1) is 20.8 Å². The molecule has 0 atom stereocenters. The third-order valence-electron chi connectivity index (χ3n) is 4.64. The average molecular weight is 480 g/mol. The summed E-state index contributed by atoms with van der Waals surface area (Å²) in [5.74, 6) is -0.370. The average Bonchev–Trinajstić information content (AvgIpc) is 2.72. The standard InChI is InChI=1S/C25H25N3O3S2/c1-17-4-6-20(7-5-17)8-13-24(29)27-25(32)26-21-9-11-23(12-10-21)33(30,31)28-22-15-18(2)14-19(3)16-22/h4-16,28H,1-3H3,(H2,26,27,29,32)/b13-8+. The Hall–Kier alpha value is -3.49. The number of carbonyl (C=O) groups excluding carboxylic acids is 1. The summed E-state index contributed by atoms with van der Waals surface area (Å²) in [7, 11) is -3.74. The highest BCUT2D eigenvalue weighted by Gasteiger charge is 2.14. The van der Waals surface area contributed by atoms with E-state index in [2.05, 4.69) is 15.4 Å². The molecule has 0 heterocycles. The first-order valence-electron chi connectivity index (χ1n) is 10.2. The smallest absolute Gasteiger partial charge is 0.261 e. The minimum Gasteiger partial charge on any atom is -0.332 e. The zero-order chi connectivity index (χ0) is 24.0. The Morgan fingerprint density at radius 1 is 0.818 bits per heavy atom. The van der Waals surface area contributed by atoms with Crippen LogP contribution < -0.4 is 15.4 Å². The SMILES string of the molecule is Cc1ccc(/C=C/C(=O)NC(=S)Nc2ccc(S(=O)(=O)Nc3cc(C)cc(C)c3)cc2)cc1. The Morgan fingerprint density at radius 2 is 1.42 bits per heavy atom. The fourth-order valence-corrected chi connectivity index (χ4v) is 4.39. The second-order valence-electron chi connectivity index (χ2n) is 7.69. The van der Waals surface area contributed by atoms with Gasteiger partial charge in [0.15, 0.2) is 5.11 Å². The summed E-state index contributed by atoms with van der Waals surface area (Å²) >= 11 is 5.17. The van der Waals surface area contributed by atoms with Crippen LogP contribution in [-0.4, -0.2) is 19.4 Å². The van der Waals surface area contributed by atoms with Crippen LogP contribution >= 0.6 is 12.2 Å². The summed E-state index contributed by atoms with van der Waals surface area (Å²) in [4.78, 5) is 12.2. The number of hydrogen-bond acceptors (Lipinski definition) is 4. The van der Waals surface area contributed by atoms with Crippen LogP contribution in [0.4, 0.5) is 11.4 Å². The fourth-order valence-electron chi connectivity index (χ4n) is 3.13. The maximum atomic E-state index is 12.7. The van der Waals surface area contributed by atoms with Crippen LogP contribution in [0.1, 0.15) is 22.3 Å². The molecule has 6 nitrogen and oxygen atoms in total. The molecule has 170 valence electrons. The number of nitrogens with one attached hydrogen (secondary N) is 3. The second kappa shape index (κ2) is 10.4. The van der Waals surface area contributed by atoms with Gasteiger partial charge in [-0.1, -0.05) is 35.9 Å². The van der Waals surface area contributed by atoms with Gasteiger partial charge < -0.3 is 5.32 Å². The largest absolute Gasteiger partial charge is 0.332 e. The number of carbonyl (C=O) groups is 1. The van der Waals surface area contributed by atoms with Gasteiger partial charge in [-0.05, 0) is 92.2 Å². The van der Waals surface area contributed by atoms with Gasteiger partial charge in [-0.15, -0.1) is 0 Å². The van der Waals surface area contributed by atoms with Crippen LogP contribution in [0.15, 0.2) is 77.7 Å². The van der Waals surface area contributed by atoms with Gasteiger partial charge in [0.1, 0.15) is 0 Å². The molecule has 0 aliphatic rings. The van der Waals surface area contributed by atoms with E-state index in [1.54, 1.807) is 30.3 Å². The van der Waals surface area contributed by atoms with Gasteiger partial charge in [0, 0.05) is 17.5 Å². The maximum absolute atomic E-state index is 12.7. The molecule has 0 aromatic heterocycles. The monoisotopic (exact) mass is 479 g/mol. The third kappa shape index (κ3) is 7.27. The quantitative estimate of drug-likeness (QED) is 0.344. The molecule has 8 heteroatoms. The van der Waals surface area contributed by atoms with Crippen molar-refractivity contribution < 1.29 is 13.2 Å². The molecule has 0 saturated heterocycles. The highest BCUT2D eigenvalue weighted by atomic mass is 32.2. The Bertz CT molecular complexity index is 1280. The molecule has 0 radical (unpaired) electrons. The van der Waals surface area contributed by atoms with Crippen LogP contribution in [0.25, 0.3) is 6.08 Å². The van der Waals surface area contributed by atoms with Crippen molar-refractivity contribution >= 4 is 50.7 Å². The molecule has 3 aromatic carbocycles. The number of sulfonamides is 1. The molecule has 0 unspecified atom stereocenters. The predicted molar refractivity (Wildman–Crippen MR) is 138 cm³/mol. The molecule has 3 N–H and O–H groups in total. The van der Waals surface area contributed by atoms with E-state index < -0.39 is 10.0 Å². The zero-order valence-corrected chi connectivity index (χ0v) is 20.2. The van der Waals surface area contributed by atoms with E-state index in [4.69, 9.17) is 12.2 Å². The van der Waals surface area contributed by atoms with E-state index in [1.807, 2.05) is 51.1 Å². The van der Waals surface area contributed by atoms with E-state index in [0.717, 1.165) is 22.3 Å². The van der Waals surface area contributed by atoms with Gasteiger partial charge in [0.2, 0.25) is 5.91 Å². The molecule has 0 aliphatic heterocycles. The van der Waals surface area contributed by atoms with Crippen molar-refractivity contribution in [1.29, 1.82) is 0 Å². The van der Waals surface area contributed by atoms with E-state index in [9.17, 15) is 13.2 Å². The van der Waals surface area contributed by atoms with Crippen LogP contribution in [0.5, 0.6) is 0 Å². The molecular weight excluding hydrogens is 454 g/mol. The summed E-state index contributed by atoms with van der Waals surface area (Å²) in [5.41, 5.74) is 5.04.